The third-order valence-electron chi connectivity index (χ3n) is 3.32. The third kappa shape index (κ3) is 2.47. The van der Waals surface area contributed by atoms with Gasteiger partial charge in [0, 0.05) is 6.54 Å². The molecule has 0 spiro atoms. The van der Waals surface area contributed by atoms with Crippen LogP contribution in [0.25, 0.3) is 0 Å². The number of benzene rings is 1. The first-order valence-electron chi connectivity index (χ1n) is 6.66. The number of carboxylic acids is 1. The number of carboxylic acid groups (broad SMARTS) is 1. The molecule has 1 aromatic carbocycles. The van der Waals surface area contributed by atoms with Crippen molar-refractivity contribution >= 4 is 23.2 Å². The van der Waals surface area contributed by atoms with Crippen molar-refractivity contribution in [1.82, 2.24) is 4.98 Å². The number of ether oxygens (including phenoxy) is 1. The molecule has 6 heteroatoms. The molecule has 108 valence electrons. The lowest BCUT2D eigenvalue weighted by Crippen LogP contribution is -2.21. The molecule has 6 nitrogen and oxygen atoms in total. The van der Waals surface area contributed by atoms with Gasteiger partial charge in [0.15, 0.2) is 11.5 Å². The average molecular weight is 285 g/mol. The average Bonchev–Trinajstić information content (AvgIpc) is 2.70. The number of nitrogen functional groups attached to an aromatic ring is 1. The molecule has 2 heterocycles. The highest BCUT2D eigenvalue weighted by Crippen LogP contribution is 2.37. The van der Waals surface area contributed by atoms with E-state index in [-0.39, 0.29) is 5.69 Å². The minimum Gasteiger partial charge on any atom is -0.491 e. The van der Waals surface area contributed by atoms with Crippen molar-refractivity contribution in [3.8, 4) is 5.75 Å². The maximum atomic E-state index is 11.1. The molecule has 0 saturated carbocycles. The van der Waals surface area contributed by atoms with Gasteiger partial charge in [0.05, 0.1) is 18.0 Å². The molecule has 0 aliphatic carbocycles. The van der Waals surface area contributed by atoms with E-state index in [0.717, 1.165) is 17.9 Å². The van der Waals surface area contributed by atoms with Crippen molar-refractivity contribution in [3.63, 3.8) is 0 Å². The maximum Gasteiger partial charge on any atom is 0.354 e. The number of nitrogens with zero attached hydrogens (tertiary/aromatic N) is 2. The lowest BCUT2D eigenvalue weighted by atomic mass is 10.2. The Kier molecular flexibility index (Phi) is 3.35. The molecular weight excluding hydrogens is 270 g/mol. The van der Waals surface area contributed by atoms with Gasteiger partial charge in [-0.3, -0.25) is 0 Å². The smallest absolute Gasteiger partial charge is 0.354 e. The summed E-state index contributed by atoms with van der Waals surface area (Å²) in [6.07, 6.45) is 0.799. The normalized spacial score (nSPS) is 14.0. The molecule has 0 saturated heterocycles. The molecule has 0 bridgehead atoms. The first-order chi connectivity index (χ1) is 10.2. The van der Waals surface area contributed by atoms with Crippen LogP contribution in [0.15, 0.2) is 36.4 Å². The Morgan fingerprint density at radius 3 is 2.90 bits per heavy atom. The molecular formula is C15H15N3O3. The summed E-state index contributed by atoms with van der Waals surface area (Å²) < 4.78 is 5.69. The zero-order valence-corrected chi connectivity index (χ0v) is 11.3. The molecule has 1 aromatic heterocycles. The fourth-order valence-electron chi connectivity index (χ4n) is 2.34. The molecule has 0 unspecified atom stereocenters. The second kappa shape index (κ2) is 5.32. The SMILES string of the molecule is Nc1ccc(C(=O)O)nc1N1CCCOc2ccccc21. The quantitative estimate of drug-likeness (QED) is 0.880. The van der Waals surface area contributed by atoms with E-state index in [1.165, 1.54) is 6.07 Å². The highest BCUT2D eigenvalue weighted by molar-refractivity contribution is 5.87. The van der Waals surface area contributed by atoms with Crippen LogP contribution in [0, 0.1) is 0 Å². The zero-order chi connectivity index (χ0) is 14.8. The lowest BCUT2D eigenvalue weighted by Gasteiger charge is -2.24. The van der Waals surface area contributed by atoms with Gasteiger partial charge in [0.1, 0.15) is 5.75 Å². The summed E-state index contributed by atoms with van der Waals surface area (Å²) >= 11 is 0. The largest absolute Gasteiger partial charge is 0.491 e. The Morgan fingerprint density at radius 2 is 2.10 bits per heavy atom. The molecule has 3 N–H and O–H groups in total. The summed E-state index contributed by atoms with van der Waals surface area (Å²) in [5.74, 6) is 0.125. The number of fused-ring (bicyclic) bond motifs is 1. The van der Waals surface area contributed by atoms with Crippen LogP contribution >= 0.6 is 0 Å². The van der Waals surface area contributed by atoms with Gasteiger partial charge in [0.25, 0.3) is 0 Å². The number of carbonyl (C=O) groups is 1. The standard InChI is InChI=1S/C15H15N3O3/c16-10-6-7-11(15(19)20)17-14(10)18-8-3-9-21-13-5-2-1-4-12(13)18/h1-2,4-7H,3,8-9,16H2,(H,19,20). The fourth-order valence-corrected chi connectivity index (χ4v) is 2.34. The highest BCUT2D eigenvalue weighted by Gasteiger charge is 2.21. The minimum atomic E-state index is -1.07. The van der Waals surface area contributed by atoms with E-state index < -0.39 is 5.97 Å². The van der Waals surface area contributed by atoms with Gasteiger partial charge in [-0.15, -0.1) is 0 Å². The van der Waals surface area contributed by atoms with Gasteiger partial charge in [-0.25, -0.2) is 9.78 Å². The number of pyridine rings is 1. The number of aromatic nitrogens is 1. The molecule has 1 aliphatic rings. The van der Waals surface area contributed by atoms with Crippen LogP contribution in [-0.2, 0) is 0 Å². The number of nitrogens with two attached hydrogens (primary N) is 1. The second-order valence-electron chi connectivity index (χ2n) is 4.74. The van der Waals surface area contributed by atoms with E-state index >= 15 is 0 Å². The monoisotopic (exact) mass is 285 g/mol. The van der Waals surface area contributed by atoms with Crippen molar-refractivity contribution in [1.29, 1.82) is 0 Å². The molecule has 21 heavy (non-hydrogen) atoms. The molecule has 0 atom stereocenters. The fraction of sp³-hybridized carbons (Fsp3) is 0.200. The predicted molar refractivity (Wildman–Crippen MR) is 79.2 cm³/mol. The van der Waals surface area contributed by atoms with Crippen LogP contribution in [0.4, 0.5) is 17.2 Å². The van der Waals surface area contributed by atoms with Gasteiger partial charge in [-0.1, -0.05) is 12.1 Å². The van der Waals surface area contributed by atoms with Gasteiger partial charge in [0.2, 0.25) is 0 Å². The predicted octanol–water partition coefficient (Wildman–Crippen LogP) is 2.28. The second-order valence-corrected chi connectivity index (χ2v) is 4.74. The highest BCUT2D eigenvalue weighted by atomic mass is 16.5. The molecule has 1 aliphatic heterocycles. The van der Waals surface area contributed by atoms with Crippen molar-refractivity contribution < 1.29 is 14.6 Å². The molecule has 2 aromatic rings. The van der Waals surface area contributed by atoms with E-state index in [1.807, 2.05) is 29.2 Å². The number of para-hydroxylation sites is 2. The van der Waals surface area contributed by atoms with E-state index in [0.29, 0.717) is 24.7 Å². The van der Waals surface area contributed by atoms with E-state index in [1.54, 1.807) is 6.07 Å². The van der Waals surface area contributed by atoms with E-state index in [2.05, 4.69) is 4.98 Å². The van der Waals surface area contributed by atoms with Gasteiger partial charge < -0.3 is 20.5 Å². The molecule has 0 amide bonds. The number of hydrogen-bond donors (Lipinski definition) is 2. The Hall–Kier alpha value is -2.76. The van der Waals surface area contributed by atoms with Crippen LogP contribution in [0.1, 0.15) is 16.9 Å². The van der Waals surface area contributed by atoms with Crippen molar-refractivity contribution in [3.05, 3.63) is 42.1 Å². The summed E-state index contributed by atoms with van der Waals surface area (Å²) in [5, 5.41) is 9.10. The van der Waals surface area contributed by atoms with Crippen LogP contribution in [0.2, 0.25) is 0 Å². The Balaban J connectivity index is 2.11. The minimum absolute atomic E-state index is 0.0261. The Labute approximate surface area is 121 Å². The Bertz CT molecular complexity index is 688. The van der Waals surface area contributed by atoms with Crippen LogP contribution < -0.4 is 15.4 Å². The first-order valence-corrected chi connectivity index (χ1v) is 6.66. The summed E-state index contributed by atoms with van der Waals surface area (Å²) in [5.41, 5.74) is 7.25. The summed E-state index contributed by atoms with van der Waals surface area (Å²) in [6.45, 7) is 1.27. The lowest BCUT2D eigenvalue weighted by molar-refractivity contribution is 0.0690. The molecule has 0 fully saturated rings. The van der Waals surface area contributed by atoms with E-state index in [4.69, 9.17) is 15.6 Å². The molecule has 3 rings (SSSR count). The number of anilines is 3. The summed E-state index contributed by atoms with van der Waals surface area (Å²) in [4.78, 5) is 17.2. The Morgan fingerprint density at radius 1 is 1.29 bits per heavy atom. The van der Waals surface area contributed by atoms with Gasteiger partial charge >= 0.3 is 5.97 Å². The van der Waals surface area contributed by atoms with Gasteiger partial charge in [-0.2, -0.15) is 0 Å². The van der Waals surface area contributed by atoms with Gasteiger partial charge in [-0.05, 0) is 30.7 Å². The topological polar surface area (TPSA) is 88.7 Å². The number of rotatable bonds is 2. The summed E-state index contributed by atoms with van der Waals surface area (Å²) in [6, 6.07) is 10.6. The van der Waals surface area contributed by atoms with Crippen LogP contribution in [0.5, 0.6) is 5.75 Å². The first kappa shape index (κ1) is 13.2. The zero-order valence-electron chi connectivity index (χ0n) is 11.3. The van der Waals surface area contributed by atoms with Crippen molar-refractivity contribution in [2.24, 2.45) is 0 Å². The van der Waals surface area contributed by atoms with Crippen LogP contribution in [-0.4, -0.2) is 29.2 Å². The molecule has 0 radical (unpaired) electrons. The number of aromatic carboxylic acids is 1. The van der Waals surface area contributed by atoms with Crippen molar-refractivity contribution in [2.45, 2.75) is 6.42 Å². The van der Waals surface area contributed by atoms with E-state index in [9.17, 15) is 4.79 Å². The third-order valence-corrected chi connectivity index (χ3v) is 3.32. The summed E-state index contributed by atoms with van der Waals surface area (Å²) in [7, 11) is 0. The number of hydrogen-bond acceptors (Lipinski definition) is 5. The maximum absolute atomic E-state index is 11.1. The van der Waals surface area contributed by atoms with Crippen LogP contribution in [0.3, 0.4) is 0 Å². The van der Waals surface area contributed by atoms with Crippen molar-refractivity contribution in [2.75, 3.05) is 23.8 Å².